The van der Waals surface area contributed by atoms with E-state index in [-0.39, 0.29) is 17.7 Å². The van der Waals surface area contributed by atoms with Gasteiger partial charge in [0.05, 0.1) is 11.3 Å². The zero-order chi connectivity index (χ0) is 20.4. The Balaban J connectivity index is 1.82. The number of benzene rings is 1. The molecule has 2 fully saturated rings. The maximum Gasteiger partial charge on any atom is 0.256 e. The molecule has 0 saturated carbocycles. The van der Waals surface area contributed by atoms with E-state index in [4.69, 9.17) is 0 Å². The van der Waals surface area contributed by atoms with E-state index >= 15 is 0 Å². The number of likely N-dealkylation sites (tertiary alicyclic amines) is 2. The summed E-state index contributed by atoms with van der Waals surface area (Å²) in [7, 11) is 0. The highest BCUT2D eigenvalue weighted by Crippen LogP contribution is 2.28. The Kier molecular flexibility index (Phi) is 6.43. The summed E-state index contributed by atoms with van der Waals surface area (Å²) < 4.78 is 0.790. The molecule has 3 atom stereocenters. The van der Waals surface area contributed by atoms with E-state index in [0.717, 1.165) is 30.4 Å². The van der Waals surface area contributed by atoms with Crippen LogP contribution in [0.15, 0.2) is 22.7 Å². The summed E-state index contributed by atoms with van der Waals surface area (Å²) in [5, 5.41) is 2.91. The molecule has 0 aliphatic carbocycles. The van der Waals surface area contributed by atoms with Gasteiger partial charge in [-0.3, -0.25) is 14.4 Å². The number of rotatable bonds is 3. The minimum Gasteiger partial charge on any atom is -0.338 e. The molecule has 7 heteroatoms. The van der Waals surface area contributed by atoms with Crippen LogP contribution in [0.1, 0.15) is 50.4 Å². The zero-order valence-corrected chi connectivity index (χ0v) is 18.3. The van der Waals surface area contributed by atoms with Gasteiger partial charge < -0.3 is 15.1 Å². The lowest BCUT2D eigenvalue weighted by Crippen LogP contribution is -2.44. The Bertz CT molecular complexity index is 772. The number of hydrogen-bond acceptors (Lipinski definition) is 3. The first-order valence-corrected chi connectivity index (χ1v) is 10.7. The summed E-state index contributed by atoms with van der Waals surface area (Å²) in [4.78, 5) is 41.3. The fourth-order valence-corrected chi connectivity index (χ4v) is 4.79. The van der Waals surface area contributed by atoms with E-state index in [2.05, 4.69) is 35.1 Å². The summed E-state index contributed by atoms with van der Waals surface area (Å²) in [5.74, 6) is 0.524. The molecule has 2 aliphatic rings. The molecule has 0 aromatic heterocycles. The van der Waals surface area contributed by atoms with E-state index in [1.807, 2.05) is 11.0 Å². The van der Waals surface area contributed by atoms with Crippen molar-refractivity contribution in [3.63, 3.8) is 0 Å². The molecular weight excluding hydrogens is 422 g/mol. The minimum atomic E-state index is -0.473. The summed E-state index contributed by atoms with van der Waals surface area (Å²) in [6.07, 6.45) is 2.58. The van der Waals surface area contributed by atoms with Gasteiger partial charge in [0, 0.05) is 31.0 Å². The Morgan fingerprint density at radius 3 is 2.46 bits per heavy atom. The van der Waals surface area contributed by atoms with E-state index in [1.165, 1.54) is 6.92 Å². The predicted molar refractivity (Wildman–Crippen MR) is 112 cm³/mol. The predicted octanol–water partition coefficient (Wildman–Crippen LogP) is 3.52. The molecule has 6 nitrogen and oxygen atoms in total. The first kappa shape index (κ1) is 20.8. The molecular formula is C21H28BrN3O3. The lowest BCUT2D eigenvalue weighted by molar-refractivity contribution is -0.134. The van der Waals surface area contributed by atoms with E-state index in [1.54, 1.807) is 17.0 Å². The molecule has 3 amide bonds. The smallest absolute Gasteiger partial charge is 0.256 e. The van der Waals surface area contributed by atoms with Crippen LogP contribution in [0, 0.1) is 11.8 Å². The van der Waals surface area contributed by atoms with Gasteiger partial charge in [0.15, 0.2) is 0 Å². The number of carbonyl (C=O) groups excluding carboxylic acids is 3. The second-order valence-electron chi connectivity index (χ2n) is 8.21. The van der Waals surface area contributed by atoms with Crippen molar-refractivity contribution in [3.05, 3.63) is 28.2 Å². The molecule has 3 rings (SSSR count). The normalized spacial score (nSPS) is 24.9. The quantitative estimate of drug-likeness (QED) is 0.767. The first-order valence-electron chi connectivity index (χ1n) is 9.93. The van der Waals surface area contributed by atoms with Gasteiger partial charge in [0.25, 0.3) is 5.91 Å². The number of carbonyl (C=O) groups is 3. The lowest BCUT2D eigenvalue weighted by Gasteiger charge is -2.35. The highest BCUT2D eigenvalue weighted by Gasteiger charge is 2.33. The van der Waals surface area contributed by atoms with Gasteiger partial charge in [-0.2, -0.15) is 0 Å². The van der Waals surface area contributed by atoms with Crippen molar-refractivity contribution in [2.75, 3.05) is 25.0 Å². The highest BCUT2D eigenvalue weighted by atomic mass is 79.9. The molecule has 0 bridgehead atoms. The molecule has 2 saturated heterocycles. The number of piperidine rings is 1. The van der Waals surface area contributed by atoms with Crippen LogP contribution in [0.4, 0.5) is 5.69 Å². The van der Waals surface area contributed by atoms with Gasteiger partial charge >= 0.3 is 0 Å². The van der Waals surface area contributed by atoms with E-state index < -0.39 is 6.04 Å². The standard InChI is InChI=1S/C21H28BrN3O3/c1-13-9-14(2)12-24(11-13)21(28)17-10-16(22)6-7-18(17)23-20(27)19-5-4-8-25(19)15(3)26/h6-7,10,13-14,19H,4-5,8-9,11-12H2,1-3H3,(H,23,27)/t13-,14+,19?. The molecule has 2 heterocycles. The van der Waals surface area contributed by atoms with Crippen molar-refractivity contribution in [2.45, 2.75) is 46.1 Å². The Morgan fingerprint density at radius 2 is 1.82 bits per heavy atom. The van der Waals surface area contributed by atoms with E-state index in [9.17, 15) is 14.4 Å². The molecule has 1 aromatic carbocycles. The van der Waals surface area contributed by atoms with Crippen LogP contribution in [-0.2, 0) is 9.59 Å². The van der Waals surface area contributed by atoms with Gasteiger partial charge in [-0.1, -0.05) is 29.8 Å². The van der Waals surface area contributed by atoms with Crippen LogP contribution in [0.25, 0.3) is 0 Å². The van der Waals surface area contributed by atoms with Gasteiger partial charge in [0.1, 0.15) is 6.04 Å². The number of hydrogen-bond donors (Lipinski definition) is 1. The molecule has 1 unspecified atom stereocenters. The Hall–Kier alpha value is -1.89. The second-order valence-corrected chi connectivity index (χ2v) is 9.12. The maximum absolute atomic E-state index is 13.2. The van der Waals surface area contributed by atoms with Gasteiger partial charge in [-0.25, -0.2) is 0 Å². The van der Waals surface area contributed by atoms with Crippen molar-refractivity contribution in [1.82, 2.24) is 9.80 Å². The summed E-state index contributed by atoms with van der Waals surface area (Å²) in [6.45, 7) is 7.86. The third kappa shape index (κ3) is 4.57. The molecule has 28 heavy (non-hydrogen) atoms. The summed E-state index contributed by atoms with van der Waals surface area (Å²) in [5.41, 5.74) is 0.982. The number of halogens is 1. The fraction of sp³-hybridized carbons (Fsp3) is 0.571. The van der Waals surface area contributed by atoms with Crippen LogP contribution in [0.3, 0.4) is 0 Å². The number of amides is 3. The molecule has 0 radical (unpaired) electrons. The average Bonchev–Trinajstić information content (AvgIpc) is 3.12. The van der Waals surface area contributed by atoms with Crippen LogP contribution in [-0.4, -0.2) is 53.2 Å². The average molecular weight is 450 g/mol. The van der Waals surface area contributed by atoms with Crippen LogP contribution >= 0.6 is 15.9 Å². The minimum absolute atomic E-state index is 0.0650. The van der Waals surface area contributed by atoms with E-state index in [0.29, 0.717) is 36.1 Å². The third-order valence-electron chi connectivity index (χ3n) is 5.59. The number of nitrogens with zero attached hydrogens (tertiary/aromatic N) is 2. The van der Waals surface area contributed by atoms with Crippen LogP contribution < -0.4 is 5.32 Å². The van der Waals surface area contributed by atoms with Crippen molar-refractivity contribution >= 4 is 39.3 Å². The van der Waals surface area contributed by atoms with Crippen molar-refractivity contribution < 1.29 is 14.4 Å². The maximum atomic E-state index is 13.2. The van der Waals surface area contributed by atoms with Gasteiger partial charge in [-0.05, 0) is 49.3 Å². The van der Waals surface area contributed by atoms with Crippen molar-refractivity contribution in [3.8, 4) is 0 Å². The Labute approximate surface area is 174 Å². The largest absolute Gasteiger partial charge is 0.338 e. The topological polar surface area (TPSA) is 69.7 Å². The number of anilines is 1. The second kappa shape index (κ2) is 8.64. The summed E-state index contributed by atoms with van der Waals surface area (Å²) >= 11 is 3.44. The lowest BCUT2D eigenvalue weighted by atomic mass is 9.91. The van der Waals surface area contributed by atoms with Gasteiger partial charge in [0.2, 0.25) is 11.8 Å². The molecule has 1 N–H and O–H groups in total. The Morgan fingerprint density at radius 1 is 1.14 bits per heavy atom. The molecule has 0 spiro atoms. The summed E-state index contributed by atoms with van der Waals surface area (Å²) in [6, 6.07) is 4.85. The third-order valence-corrected chi connectivity index (χ3v) is 6.08. The highest BCUT2D eigenvalue weighted by molar-refractivity contribution is 9.10. The zero-order valence-electron chi connectivity index (χ0n) is 16.7. The molecule has 1 aromatic rings. The van der Waals surface area contributed by atoms with Crippen molar-refractivity contribution in [1.29, 1.82) is 0 Å². The van der Waals surface area contributed by atoms with Crippen LogP contribution in [0.5, 0.6) is 0 Å². The molecule has 2 aliphatic heterocycles. The monoisotopic (exact) mass is 449 g/mol. The van der Waals surface area contributed by atoms with Crippen LogP contribution in [0.2, 0.25) is 0 Å². The fourth-order valence-electron chi connectivity index (χ4n) is 4.43. The SMILES string of the molecule is CC(=O)N1CCCC1C(=O)Nc1ccc(Br)cc1C(=O)N1C[C@H](C)C[C@H](C)C1. The number of nitrogens with one attached hydrogen (secondary N) is 1. The van der Waals surface area contributed by atoms with Crippen molar-refractivity contribution in [2.24, 2.45) is 11.8 Å². The van der Waals surface area contributed by atoms with Gasteiger partial charge in [-0.15, -0.1) is 0 Å². The first-order chi connectivity index (χ1) is 13.3. The molecule has 152 valence electrons.